The fraction of sp³-hybridized carbons (Fsp3) is 0.0714. The van der Waals surface area contributed by atoms with Crippen molar-refractivity contribution in [3.05, 3.63) is 54.1 Å². The van der Waals surface area contributed by atoms with E-state index in [4.69, 9.17) is 0 Å². The highest BCUT2D eigenvalue weighted by Crippen LogP contribution is 2.19. The van der Waals surface area contributed by atoms with E-state index in [1.165, 1.54) is 13.2 Å². The Balaban J connectivity index is 2.33. The first-order chi connectivity index (χ1) is 8.31. The number of hydrogen-bond donors (Lipinski definition) is 1. The zero-order chi connectivity index (χ0) is 12.1. The lowest BCUT2D eigenvalue weighted by molar-refractivity contribution is -0.126. The molecule has 0 unspecified atom stereocenters. The predicted octanol–water partition coefficient (Wildman–Crippen LogP) is 2.53. The van der Waals surface area contributed by atoms with E-state index in [9.17, 15) is 4.79 Å². The minimum absolute atomic E-state index is 0.277. The highest BCUT2D eigenvalue weighted by molar-refractivity contribution is 5.96. The smallest absolute Gasteiger partial charge is 0.267 e. The molecule has 2 aromatic rings. The third-order valence-corrected chi connectivity index (χ3v) is 2.44. The summed E-state index contributed by atoms with van der Waals surface area (Å²) in [5.74, 6) is -0.277. The second-order valence-corrected chi connectivity index (χ2v) is 3.57. The normalized spacial score (nSPS) is 10.9. The molecule has 1 amide bonds. The highest BCUT2D eigenvalue weighted by atomic mass is 16.6. The average Bonchev–Trinajstić information content (AvgIpc) is 2.36. The third-order valence-electron chi connectivity index (χ3n) is 2.44. The fourth-order valence-electron chi connectivity index (χ4n) is 1.70. The molecule has 2 aromatic carbocycles. The molecule has 0 radical (unpaired) electrons. The summed E-state index contributed by atoms with van der Waals surface area (Å²) in [5.41, 5.74) is 3.25. The van der Waals surface area contributed by atoms with E-state index in [0.717, 1.165) is 16.3 Å². The van der Waals surface area contributed by atoms with Crippen LogP contribution in [0.5, 0.6) is 0 Å². The van der Waals surface area contributed by atoms with Crippen molar-refractivity contribution in [2.24, 2.45) is 0 Å². The Hall–Kier alpha value is -2.13. The van der Waals surface area contributed by atoms with Gasteiger partial charge >= 0.3 is 0 Å². The first-order valence-electron chi connectivity index (χ1n) is 5.30. The van der Waals surface area contributed by atoms with Crippen LogP contribution in [0.4, 0.5) is 0 Å². The van der Waals surface area contributed by atoms with E-state index in [0.29, 0.717) is 0 Å². The van der Waals surface area contributed by atoms with Crippen molar-refractivity contribution in [2.75, 3.05) is 7.11 Å². The summed E-state index contributed by atoms with van der Waals surface area (Å²) in [4.78, 5) is 15.8. The van der Waals surface area contributed by atoms with Gasteiger partial charge in [0.25, 0.3) is 5.91 Å². The SMILES string of the molecule is CONC(=O)/C=C\c1cccc2ccccc12. The molecule has 3 heteroatoms. The molecule has 0 aromatic heterocycles. The van der Waals surface area contributed by atoms with Gasteiger partial charge in [-0.05, 0) is 22.4 Å². The van der Waals surface area contributed by atoms with Gasteiger partial charge in [-0.2, -0.15) is 0 Å². The molecule has 0 saturated carbocycles. The number of benzene rings is 2. The molecule has 0 fully saturated rings. The van der Waals surface area contributed by atoms with Gasteiger partial charge in [0, 0.05) is 6.08 Å². The van der Waals surface area contributed by atoms with Crippen molar-refractivity contribution < 1.29 is 9.63 Å². The summed E-state index contributed by atoms with van der Waals surface area (Å²) < 4.78 is 0. The largest absolute Gasteiger partial charge is 0.277 e. The summed E-state index contributed by atoms with van der Waals surface area (Å²) in [5, 5.41) is 2.28. The summed E-state index contributed by atoms with van der Waals surface area (Å²) in [7, 11) is 1.41. The monoisotopic (exact) mass is 227 g/mol. The first-order valence-corrected chi connectivity index (χ1v) is 5.30. The van der Waals surface area contributed by atoms with Crippen LogP contribution in [-0.2, 0) is 9.63 Å². The van der Waals surface area contributed by atoms with Gasteiger partial charge < -0.3 is 0 Å². The third kappa shape index (κ3) is 2.71. The van der Waals surface area contributed by atoms with Crippen LogP contribution < -0.4 is 5.48 Å². The Bertz CT molecular complexity index is 556. The van der Waals surface area contributed by atoms with Crippen molar-refractivity contribution in [2.45, 2.75) is 0 Å². The van der Waals surface area contributed by atoms with Crippen molar-refractivity contribution in [3.8, 4) is 0 Å². The topological polar surface area (TPSA) is 38.3 Å². The summed E-state index contributed by atoms with van der Waals surface area (Å²) in [6.45, 7) is 0. The minimum Gasteiger partial charge on any atom is -0.277 e. The fourth-order valence-corrected chi connectivity index (χ4v) is 1.70. The van der Waals surface area contributed by atoms with E-state index in [-0.39, 0.29) is 5.91 Å². The van der Waals surface area contributed by atoms with Gasteiger partial charge in [0.1, 0.15) is 0 Å². The van der Waals surface area contributed by atoms with Crippen LogP contribution in [0.3, 0.4) is 0 Å². The Morgan fingerprint density at radius 2 is 1.94 bits per heavy atom. The van der Waals surface area contributed by atoms with Crippen molar-refractivity contribution in [1.29, 1.82) is 0 Å². The molecule has 1 N–H and O–H groups in total. The molecule has 0 aliphatic carbocycles. The maximum atomic E-state index is 11.2. The number of nitrogens with one attached hydrogen (secondary N) is 1. The molecule has 17 heavy (non-hydrogen) atoms. The zero-order valence-electron chi connectivity index (χ0n) is 9.51. The first kappa shape index (κ1) is 11.4. The van der Waals surface area contributed by atoms with Crippen LogP contribution in [0, 0.1) is 0 Å². The van der Waals surface area contributed by atoms with Gasteiger partial charge in [0.05, 0.1) is 7.11 Å². The van der Waals surface area contributed by atoms with Crippen LogP contribution in [-0.4, -0.2) is 13.0 Å². The van der Waals surface area contributed by atoms with Gasteiger partial charge in [-0.3, -0.25) is 9.63 Å². The zero-order valence-corrected chi connectivity index (χ0v) is 9.51. The molecule has 86 valence electrons. The van der Waals surface area contributed by atoms with E-state index in [1.807, 2.05) is 42.5 Å². The molecule has 0 spiro atoms. The van der Waals surface area contributed by atoms with E-state index < -0.39 is 0 Å². The molecule has 0 heterocycles. The number of amides is 1. The van der Waals surface area contributed by atoms with Crippen LogP contribution in [0.15, 0.2) is 48.5 Å². The molecule has 0 saturated heterocycles. The Morgan fingerprint density at radius 1 is 1.18 bits per heavy atom. The Kier molecular flexibility index (Phi) is 3.52. The Labute approximate surface area is 99.7 Å². The highest BCUT2D eigenvalue weighted by Gasteiger charge is 1.97. The summed E-state index contributed by atoms with van der Waals surface area (Å²) >= 11 is 0. The quantitative estimate of drug-likeness (QED) is 0.646. The molecule has 0 aliphatic heterocycles. The lowest BCUT2D eigenvalue weighted by atomic mass is 10.0. The second kappa shape index (κ2) is 5.27. The average molecular weight is 227 g/mol. The van der Waals surface area contributed by atoms with Gasteiger partial charge in [-0.25, -0.2) is 5.48 Å². The molecular formula is C14H13NO2. The molecule has 0 aliphatic rings. The standard InChI is InChI=1S/C14H13NO2/c1-17-15-14(16)10-9-12-7-4-6-11-5-2-3-8-13(11)12/h2-10H,1H3,(H,15,16)/b10-9-. The molecule has 0 bridgehead atoms. The van der Waals surface area contributed by atoms with Crippen molar-refractivity contribution in [1.82, 2.24) is 5.48 Å². The predicted molar refractivity (Wildman–Crippen MR) is 68.1 cm³/mol. The minimum atomic E-state index is -0.277. The number of carbonyl (C=O) groups excluding carboxylic acids is 1. The number of hydrogen-bond acceptors (Lipinski definition) is 2. The van der Waals surface area contributed by atoms with Gasteiger partial charge in [0.2, 0.25) is 0 Å². The molecular weight excluding hydrogens is 214 g/mol. The summed E-state index contributed by atoms with van der Waals surface area (Å²) in [6.07, 6.45) is 3.22. The van der Waals surface area contributed by atoms with Crippen LogP contribution >= 0.6 is 0 Å². The van der Waals surface area contributed by atoms with E-state index in [1.54, 1.807) is 6.08 Å². The molecule has 2 rings (SSSR count). The number of carbonyl (C=O) groups is 1. The lowest BCUT2D eigenvalue weighted by Crippen LogP contribution is -2.18. The second-order valence-electron chi connectivity index (χ2n) is 3.57. The van der Waals surface area contributed by atoms with E-state index >= 15 is 0 Å². The van der Waals surface area contributed by atoms with Crippen molar-refractivity contribution in [3.63, 3.8) is 0 Å². The van der Waals surface area contributed by atoms with Gasteiger partial charge in [0.15, 0.2) is 0 Å². The van der Waals surface area contributed by atoms with Crippen LogP contribution in [0.1, 0.15) is 5.56 Å². The lowest BCUT2D eigenvalue weighted by Gasteiger charge is -2.01. The van der Waals surface area contributed by atoms with Gasteiger partial charge in [-0.15, -0.1) is 0 Å². The van der Waals surface area contributed by atoms with Crippen LogP contribution in [0.2, 0.25) is 0 Å². The number of rotatable bonds is 3. The summed E-state index contributed by atoms with van der Waals surface area (Å²) in [6, 6.07) is 14.0. The number of hydroxylamine groups is 1. The Morgan fingerprint density at radius 3 is 2.76 bits per heavy atom. The molecule has 0 atom stereocenters. The molecule has 3 nitrogen and oxygen atoms in total. The van der Waals surface area contributed by atoms with Crippen LogP contribution in [0.25, 0.3) is 16.8 Å². The maximum Gasteiger partial charge on any atom is 0.267 e. The maximum absolute atomic E-state index is 11.2. The van der Waals surface area contributed by atoms with E-state index in [2.05, 4.69) is 10.3 Å². The van der Waals surface area contributed by atoms with Gasteiger partial charge in [-0.1, -0.05) is 42.5 Å². The van der Waals surface area contributed by atoms with Crippen molar-refractivity contribution >= 4 is 22.8 Å². The number of fused-ring (bicyclic) bond motifs is 1.